The van der Waals surface area contributed by atoms with E-state index in [0.29, 0.717) is 25.7 Å². The first-order valence-electron chi connectivity index (χ1n) is 13.6. The maximum absolute atomic E-state index is 14.1. The van der Waals surface area contributed by atoms with Crippen LogP contribution in [0.3, 0.4) is 0 Å². The van der Waals surface area contributed by atoms with Gasteiger partial charge in [0, 0.05) is 29.4 Å². The predicted molar refractivity (Wildman–Crippen MR) is 153 cm³/mol. The molecule has 0 bridgehead atoms. The van der Waals surface area contributed by atoms with Crippen LogP contribution in [0.15, 0.2) is 59.4 Å². The van der Waals surface area contributed by atoms with E-state index in [4.69, 9.17) is 9.47 Å². The molecule has 0 N–H and O–H groups in total. The molecule has 2 fully saturated rings. The second-order valence-corrected chi connectivity index (χ2v) is 12.0. The number of hydrogen-bond donors (Lipinski definition) is 0. The second-order valence-electron chi connectivity index (χ2n) is 10.0. The fourth-order valence-electron chi connectivity index (χ4n) is 5.27. The predicted octanol–water partition coefficient (Wildman–Crippen LogP) is 4.24. The Kier molecular flexibility index (Phi) is 8.99. The van der Waals surface area contributed by atoms with Crippen molar-refractivity contribution >= 4 is 47.1 Å². The largest absolute Gasteiger partial charge is 0.460 e. The Hall–Kier alpha value is -3.77. The fourth-order valence-corrected chi connectivity index (χ4v) is 6.71. The molecule has 2 saturated heterocycles. The number of ether oxygens (including phenoxy) is 2. The van der Waals surface area contributed by atoms with Gasteiger partial charge in [-0.15, -0.1) is 22.7 Å². The number of benzene rings is 1. The summed E-state index contributed by atoms with van der Waals surface area (Å²) in [4.78, 5) is 62.8. The maximum Gasteiger partial charge on any atom is 0.411 e. The summed E-state index contributed by atoms with van der Waals surface area (Å²) in [7, 11) is 0. The number of hydrogen-bond acceptors (Lipinski definition) is 9. The standard InChI is InChI=1S/C29H32N4O6S2/c1-3-19(2)39-28(36)26(31(18-34)16-20-8-5-4-6-9-20)33-21(11-12-24-30-13-15-41-24)25(27(33)35)32-22(17-38-29(32)37)23-10-7-14-40-23/h4-10,13-15,18-19,21-22,25-26H,3,11-12,16-17H2,1-2H3/t19?,21?,22-,25?,26?/m0/s1. The summed E-state index contributed by atoms with van der Waals surface area (Å²) in [5.74, 6) is -1.12. The molecule has 3 aromatic rings. The highest BCUT2D eigenvalue weighted by atomic mass is 32.1. The molecule has 2 aliphatic heterocycles. The fraction of sp³-hybridized carbons (Fsp3) is 0.414. The smallest absolute Gasteiger partial charge is 0.411 e. The van der Waals surface area contributed by atoms with Crippen LogP contribution in [0.5, 0.6) is 0 Å². The number of β-lactam (4-membered cyclic amide) rings is 1. The van der Waals surface area contributed by atoms with Gasteiger partial charge in [0.05, 0.1) is 17.2 Å². The van der Waals surface area contributed by atoms with Crippen LogP contribution < -0.4 is 0 Å². The molecule has 2 aliphatic rings. The lowest BCUT2D eigenvalue weighted by Gasteiger charge is -2.54. The van der Waals surface area contributed by atoms with Crippen LogP contribution in [0, 0.1) is 0 Å². The SMILES string of the molecule is CCC(C)OC(=O)C(N(C=O)Cc1ccccc1)N1C(=O)C(N2C(=O)OC[C@H]2c2cccs2)C1CCc1nccs1. The molecular weight excluding hydrogens is 564 g/mol. The topological polar surface area (TPSA) is 109 Å². The zero-order valence-electron chi connectivity index (χ0n) is 22.8. The van der Waals surface area contributed by atoms with E-state index in [9.17, 15) is 19.2 Å². The third-order valence-corrected chi connectivity index (χ3v) is 9.29. The first-order chi connectivity index (χ1) is 19.9. The van der Waals surface area contributed by atoms with Crippen molar-refractivity contribution in [2.75, 3.05) is 6.61 Å². The molecule has 12 heteroatoms. The van der Waals surface area contributed by atoms with Crippen LogP contribution >= 0.6 is 22.7 Å². The first-order valence-corrected chi connectivity index (χ1v) is 15.3. The molecule has 0 aliphatic carbocycles. The summed E-state index contributed by atoms with van der Waals surface area (Å²) < 4.78 is 11.1. The average molecular weight is 597 g/mol. The number of cyclic esters (lactones) is 1. The number of thiazole rings is 1. The number of thiophene rings is 1. The van der Waals surface area contributed by atoms with Crippen LogP contribution in [-0.2, 0) is 36.8 Å². The molecule has 216 valence electrons. The van der Waals surface area contributed by atoms with Crippen molar-refractivity contribution in [1.29, 1.82) is 0 Å². The normalized spacial score (nSPS) is 21.7. The zero-order chi connectivity index (χ0) is 28.9. The molecule has 0 radical (unpaired) electrons. The minimum absolute atomic E-state index is 0.0990. The Bertz CT molecular complexity index is 1340. The third kappa shape index (κ3) is 5.98. The quantitative estimate of drug-likeness (QED) is 0.165. The highest BCUT2D eigenvalue weighted by Crippen LogP contribution is 2.41. The summed E-state index contributed by atoms with van der Waals surface area (Å²) >= 11 is 2.98. The van der Waals surface area contributed by atoms with Crippen molar-refractivity contribution in [2.24, 2.45) is 0 Å². The molecule has 0 saturated carbocycles. The molecule has 10 nitrogen and oxygen atoms in total. The Labute approximate surface area is 246 Å². The van der Waals surface area contributed by atoms with Gasteiger partial charge in [-0.1, -0.05) is 43.3 Å². The van der Waals surface area contributed by atoms with Crippen LogP contribution in [0.4, 0.5) is 4.79 Å². The van der Waals surface area contributed by atoms with Crippen molar-refractivity contribution in [3.8, 4) is 0 Å². The Balaban J connectivity index is 1.50. The van der Waals surface area contributed by atoms with Gasteiger partial charge in [-0.25, -0.2) is 14.6 Å². The third-order valence-electron chi connectivity index (χ3n) is 7.47. The zero-order valence-corrected chi connectivity index (χ0v) is 24.5. The molecule has 4 heterocycles. The molecule has 3 amide bonds. The van der Waals surface area contributed by atoms with Crippen LogP contribution in [0.1, 0.15) is 48.2 Å². The molecule has 5 rings (SSSR count). The molecule has 4 unspecified atom stereocenters. The van der Waals surface area contributed by atoms with Gasteiger partial charge < -0.3 is 19.3 Å². The van der Waals surface area contributed by atoms with Gasteiger partial charge in [-0.05, 0) is 36.8 Å². The van der Waals surface area contributed by atoms with E-state index < -0.39 is 48.4 Å². The van der Waals surface area contributed by atoms with Crippen molar-refractivity contribution in [3.63, 3.8) is 0 Å². The highest BCUT2D eigenvalue weighted by molar-refractivity contribution is 7.10. The molecule has 1 aromatic carbocycles. The summed E-state index contributed by atoms with van der Waals surface area (Å²) in [6.45, 7) is 3.89. The molecule has 41 heavy (non-hydrogen) atoms. The summed E-state index contributed by atoms with van der Waals surface area (Å²) in [5, 5.41) is 4.66. The van der Waals surface area contributed by atoms with Gasteiger partial charge in [-0.2, -0.15) is 0 Å². The van der Waals surface area contributed by atoms with E-state index in [1.54, 1.807) is 13.1 Å². The second kappa shape index (κ2) is 12.8. The number of aryl methyl sites for hydroxylation is 1. The van der Waals surface area contributed by atoms with Gasteiger partial charge in [0.2, 0.25) is 18.5 Å². The number of carbonyl (C=O) groups is 4. The van der Waals surface area contributed by atoms with Gasteiger partial charge in [-0.3, -0.25) is 14.5 Å². The van der Waals surface area contributed by atoms with Crippen LogP contribution in [-0.4, -0.2) is 75.0 Å². The van der Waals surface area contributed by atoms with Crippen LogP contribution in [0.2, 0.25) is 0 Å². The molecular formula is C29H32N4O6S2. The van der Waals surface area contributed by atoms with Gasteiger partial charge in [0.25, 0.3) is 0 Å². The van der Waals surface area contributed by atoms with E-state index >= 15 is 0 Å². The van der Waals surface area contributed by atoms with E-state index in [0.717, 1.165) is 15.4 Å². The van der Waals surface area contributed by atoms with E-state index in [-0.39, 0.29) is 13.2 Å². The number of aromatic nitrogens is 1. The lowest BCUT2D eigenvalue weighted by atomic mass is 9.87. The van der Waals surface area contributed by atoms with Crippen LogP contribution in [0.25, 0.3) is 0 Å². The average Bonchev–Trinajstić information content (AvgIpc) is 3.76. The summed E-state index contributed by atoms with van der Waals surface area (Å²) in [6, 6.07) is 11.2. The number of nitrogens with zero attached hydrogens (tertiary/aromatic N) is 4. The minimum Gasteiger partial charge on any atom is -0.460 e. The number of carbonyl (C=O) groups excluding carboxylic acids is 4. The number of rotatable bonds is 13. The lowest BCUT2D eigenvalue weighted by molar-refractivity contribution is -0.188. The highest BCUT2D eigenvalue weighted by Gasteiger charge is 2.60. The first kappa shape index (κ1) is 28.7. The van der Waals surface area contributed by atoms with Crippen molar-refractivity contribution < 1.29 is 28.7 Å². The number of amides is 3. The van der Waals surface area contributed by atoms with E-state index in [1.807, 2.05) is 60.1 Å². The Morgan fingerprint density at radius 3 is 2.66 bits per heavy atom. The molecule has 2 aromatic heterocycles. The van der Waals surface area contributed by atoms with E-state index in [1.165, 1.54) is 37.4 Å². The monoisotopic (exact) mass is 596 g/mol. The van der Waals surface area contributed by atoms with Crippen molar-refractivity contribution in [3.05, 3.63) is 74.9 Å². The summed E-state index contributed by atoms with van der Waals surface area (Å²) in [5.41, 5.74) is 0.797. The van der Waals surface area contributed by atoms with Crippen molar-refractivity contribution in [1.82, 2.24) is 19.7 Å². The minimum atomic E-state index is -1.30. The lowest BCUT2D eigenvalue weighted by Crippen LogP contribution is -2.76. The van der Waals surface area contributed by atoms with Gasteiger partial charge in [0.1, 0.15) is 18.7 Å². The van der Waals surface area contributed by atoms with E-state index in [2.05, 4.69) is 4.98 Å². The number of esters is 1. The Morgan fingerprint density at radius 1 is 1.20 bits per heavy atom. The summed E-state index contributed by atoms with van der Waals surface area (Å²) in [6.07, 6.45) is 1.54. The van der Waals surface area contributed by atoms with Crippen molar-refractivity contribution in [2.45, 2.75) is 70.0 Å². The van der Waals surface area contributed by atoms with Gasteiger partial charge >= 0.3 is 12.1 Å². The molecule has 0 spiro atoms. The number of likely N-dealkylation sites (tertiary alicyclic amines) is 1. The molecule has 5 atom stereocenters. The maximum atomic E-state index is 14.1. The Morgan fingerprint density at radius 2 is 2.00 bits per heavy atom. The van der Waals surface area contributed by atoms with Gasteiger partial charge in [0.15, 0.2) is 0 Å².